The number of hydrogen-bond donors (Lipinski definition) is 2. The number of ether oxygens (including phenoxy) is 1. The van der Waals surface area contributed by atoms with Crippen molar-refractivity contribution in [3.05, 3.63) is 0 Å². The Bertz CT molecular complexity index is 630. The van der Waals surface area contributed by atoms with E-state index in [0.717, 1.165) is 0 Å². The van der Waals surface area contributed by atoms with E-state index in [1.807, 2.05) is 0 Å². The molecule has 2 N–H and O–H groups in total. The maximum atomic E-state index is 12.9. The van der Waals surface area contributed by atoms with Crippen molar-refractivity contribution in [3.63, 3.8) is 0 Å². The lowest BCUT2D eigenvalue weighted by Gasteiger charge is -2.46. The van der Waals surface area contributed by atoms with Crippen molar-refractivity contribution in [3.8, 4) is 0 Å². The molecule has 28 heavy (non-hydrogen) atoms. The number of amides is 3. The summed E-state index contributed by atoms with van der Waals surface area (Å²) >= 11 is 0. The molecule has 3 amide bonds. The molecule has 9 heteroatoms. The third kappa shape index (κ3) is 4.25. The molecule has 2 rings (SSSR count). The van der Waals surface area contributed by atoms with Gasteiger partial charge >= 0.3 is 6.09 Å². The lowest BCUT2D eigenvalue weighted by Crippen LogP contribution is -2.73. The number of likely N-dealkylation sites (tertiary alicyclic amines) is 1. The van der Waals surface area contributed by atoms with Crippen molar-refractivity contribution in [2.75, 3.05) is 34.2 Å². The second kappa shape index (κ2) is 7.87. The van der Waals surface area contributed by atoms with E-state index >= 15 is 0 Å². The van der Waals surface area contributed by atoms with Crippen LogP contribution in [-0.4, -0.2) is 101 Å². The van der Waals surface area contributed by atoms with E-state index in [-0.39, 0.29) is 17.9 Å². The molecule has 2 aliphatic heterocycles. The summed E-state index contributed by atoms with van der Waals surface area (Å²) in [5, 5.41) is 12.9. The van der Waals surface area contributed by atoms with E-state index < -0.39 is 29.4 Å². The van der Waals surface area contributed by atoms with Gasteiger partial charge in [-0.25, -0.2) is 4.79 Å². The fourth-order valence-corrected chi connectivity index (χ4v) is 4.05. The molecular weight excluding hydrogens is 364 g/mol. The molecular formula is C19H34N4O5. The molecule has 0 aromatic heterocycles. The van der Waals surface area contributed by atoms with Crippen LogP contribution in [0.5, 0.6) is 0 Å². The number of β-lactam (4-membered cyclic amide) rings is 1. The summed E-state index contributed by atoms with van der Waals surface area (Å²) in [6.45, 7) is 7.69. The molecule has 2 heterocycles. The van der Waals surface area contributed by atoms with Crippen LogP contribution >= 0.6 is 0 Å². The minimum Gasteiger partial charge on any atom is -0.444 e. The molecule has 0 aliphatic carbocycles. The average molecular weight is 399 g/mol. The highest BCUT2D eigenvalue weighted by molar-refractivity contribution is 5.96. The van der Waals surface area contributed by atoms with Crippen molar-refractivity contribution in [1.82, 2.24) is 20.0 Å². The Labute approximate surface area is 167 Å². The van der Waals surface area contributed by atoms with E-state index in [1.54, 1.807) is 58.6 Å². The number of nitrogens with one attached hydrogen (secondary N) is 1. The lowest BCUT2D eigenvalue weighted by atomic mass is 9.88. The number of carbonyl (C=O) groups excluding carboxylic acids is 3. The smallest absolute Gasteiger partial charge is 0.411 e. The highest BCUT2D eigenvalue weighted by atomic mass is 16.6. The average Bonchev–Trinajstić information content (AvgIpc) is 2.93. The summed E-state index contributed by atoms with van der Waals surface area (Å²) in [5.41, 5.74) is -1.56. The zero-order valence-corrected chi connectivity index (χ0v) is 18.0. The quantitative estimate of drug-likeness (QED) is 0.633. The molecule has 0 radical (unpaired) electrons. The van der Waals surface area contributed by atoms with Gasteiger partial charge in [0, 0.05) is 26.7 Å². The van der Waals surface area contributed by atoms with Gasteiger partial charge in [-0.15, -0.1) is 0 Å². The number of aliphatic hydroxyl groups is 1. The maximum Gasteiger partial charge on any atom is 0.411 e. The van der Waals surface area contributed by atoms with Gasteiger partial charge in [-0.1, -0.05) is 0 Å². The van der Waals surface area contributed by atoms with Crippen LogP contribution < -0.4 is 5.32 Å². The number of hydrogen-bond acceptors (Lipinski definition) is 6. The van der Waals surface area contributed by atoms with E-state index in [9.17, 15) is 19.5 Å². The molecule has 160 valence electrons. The minimum absolute atomic E-state index is 0.167. The number of nitrogens with zero attached hydrogens (tertiary/aromatic N) is 3. The molecule has 2 unspecified atom stereocenters. The first kappa shape index (κ1) is 22.4. The summed E-state index contributed by atoms with van der Waals surface area (Å²) in [6.07, 6.45) is -0.222. The van der Waals surface area contributed by atoms with Gasteiger partial charge in [0.05, 0.1) is 12.6 Å². The second-order valence-electron chi connectivity index (χ2n) is 9.11. The summed E-state index contributed by atoms with van der Waals surface area (Å²) in [6, 6.07) is -1.02. The molecule has 4 atom stereocenters. The highest BCUT2D eigenvalue weighted by Gasteiger charge is 2.60. The number of likely N-dealkylation sites (N-methyl/N-ethyl adjacent to an activating group) is 2. The standard InChI is InChI=1S/C19H34N4O5/c1-12(24)14(15(25)21(5)6)22(7)10-13-8-9-19(11-20-16(19)26)23(13)17(27)28-18(2,3)4/h12-14,24H,8-11H2,1-7H3,(H,20,26)/t12-,13?,14+,19?/m1/s1. The Hall–Kier alpha value is -1.87. The lowest BCUT2D eigenvalue weighted by molar-refractivity contribution is -0.143. The maximum absolute atomic E-state index is 12.9. The van der Waals surface area contributed by atoms with Crippen molar-refractivity contribution in [1.29, 1.82) is 0 Å². The Morgan fingerprint density at radius 2 is 1.96 bits per heavy atom. The molecule has 1 spiro atoms. The molecule has 0 bridgehead atoms. The summed E-state index contributed by atoms with van der Waals surface area (Å²) in [7, 11) is 5.03. The van der Waals surface area contributed by atoms with Crippen LogP contribution in [0.4, 0.5) is 4.79 Å². The summed E-state index contributed by atoms with van der Waals surface area (Å²) in [5.74, 6) is -0.379. The molecule has 9 nitrogen and oxygen atoms in total. The number of aliphatic hydroxyl groups excluding tert-OH is 1. The SMILES string of the molecule is C[C@@H](O)[C@@H](C(=O)N(C)C)N(C)CC1CCC2(CNC2=O)N1C(=O)OC(C)(C)C. The highest BCUT2D eigenvalue weighted by Crippen LogP contribution is 2.39. The van der Waals surface area contributed by atoms with Gasteiger partial charge in [-0.3, -0.25) is 19.4 Å². The normalized spacial score (nSPS) is 26.7. The molecule has 2 fully saturated rings. The Kier molecular flexibility index (Phi) is 6.30. The largest absolute Gasteiger partial charge is 0.444 e. The summed E-state index contributed by atoms with van der Waals surface area (Å²) in [4.78, 5) is 42.5. The first-order valence-electron chi connectivity index (χ1n) is 9.70. The van der Waals surface area contributed by atoms with Crippen LogP contribution in [0.25, 0.3) is 0 Å². The second-order valence-corrected chi connectivity index (χ2v) is 9.11. The first-order chi connectivity index (χ1) is 12.8. The zero-order chi connectivity index (χ0) is 21.4. The third-order valence-corrected chi connectivity index (χ3v) is 5.40. The number of carbonyl (C=O) groups is 3. The van der Waals surface area contributed by atoms with Gasteiger partial charge in [0.1, 0.15) is 17.2 Å². The van der Waals surface area contributed by atoms with Gasteiger partial charge < -0.3 is 20.1 Å². The topological polar surface area (TPSA) is 102 Å². The van der Waals surface area contributed by atoms with Crippen LogP contribution in [0.3, 0.4) is 0 Å². The third-order valence-electron chi connectivity index (χ3n) is 5.40. The van der Waals surface area contributed by atoms with Crippen LogP contribution in [-0.2, 0) is 14.3 Å². The molecule has 2 aliphatic rings. The van der Waals surface area contributed by atoms with E-state index in [2.05, 4.69) is 5.32 Å². The first-order valence-corrected chi connectivity index (χ1v) is 9.70. The monoisotopic (exact) mass is 398 g/mol. The van der Waals surface area contributed by atoms with Crippen LogP contribution in [0.2, 0.25) is 0 Å². The predicted octanol–water partition coefficient (Wildman–Crippen LogP) is 0.0239. The molecule has 0 saturated carbocycles. The zero-order valence-electron chi connectivity index (χ0n) is 18.0. The van der Waals surface area contributed by atoms with E-state index in [1.165, 1.54) is 4.90 Å². The van der Waals surface area contributed by atoms with Gasteiger partial charge in [-0.2, -0.15) is 0 Å². The minimum atomic E-state index is -0.878. The fraction of sp³-hybridized carbons (Fsp3) is 0.842. The molecule has 2 saturated heterocycles. The van der Waals surface area contributed by atoms with Crippen LogP contribution in [0, 0.1) is 0 Å². The van der Waals surface area contributed by atoms with E-state index in [0.29, 0.717) is 25.9 Å². The Morgan fingerprint density at radius 1 is 1.36 bits per heavy atom. The molecule has 0 aromatic carbocycles. The Morgan fingerprint density at radius 3 is 2.36 bits per heavy atom. The van der Waals surface area contributed by atoms with Crippen molar-refractivity contribution >= 4 is 17.9 Å². The van der Waals surface area contributed by atoms with Gasteiger partial charge in [0.25, 0.3) is 0 Å². The Balaban J connectivity index is 2.23. The van der Waals surface area contributed by atoms with Gasteiger partial charge in [0.15, 0.2) is 0 Å². The van der Waals surface area contributed by atoms with Crippen LogP contribution in [0.15, 0.2) is 0 Å². The van der Waals surface area contributed by atoms with Crippen molar-refractivity contribution in [2.24, 2.45) is 0 Å². The van der Waals surface area contributed by atoms with Crippen molar-refractivity contribution < 1.29 is 24.2 Å². The number of rotatable bonds is 5. The summed E-state index contributed by atoms with van der Waals surface area (Å²) < 4.78 is 5.57. The van der Waals surface area contributed by atoms with Gasteiger partial charge in [-0.05, 0) is 47.6 Å². The molecule has 0 aromatic rings. The van der Waals surface area contributed by atoms with Crippen LogP contribution in [0.1, 0.15) is 40.5 Å². The van der Waals surface area contributed by atoms with Crippen molar-refractivity contribution in [2.45, 2.75) is 69.9 Å². The fourth-order valence-electron chi connectivity index (χ4n) is 4.05. The van der Waals surface area contributed by atoms with E-state index in [4.69, 9.17) is 4.74 Å². The van der Waals surface area contributed by atoms with Gasteiger partial charge in [0.2, 0.25) is 11.8 Å². The predicted molar refractivity (Wildman–Crippen MR) is 104 cm³/mol.